The summed E-state index contributed by atoms with van der Waals surface area (Å²) in [6.07, 6.45) is 4.71. The van der Waals surface area contributed by atoms with Crippen LogP contribution in [0.1, 0.15) is 36.5 Å². The second-order valence-electron chi connectivity index (χ2n) is 9.09. The fourth-order valence-corrected chi connectivity index (χ4v) is 4.65. The van der Waals surface area contributed by atoms with Gasteiger partial charge in [0.05, 0.1) is 23.6 Å². The van der Waals surface area contributed by atoms with Crippen LogP contribution in [0.5, 0.6) is 0 Å². The van der Waals surface area contributed by atoms with Crippen LogP contribution >= 0.6 is 0 Å². The summed E-state index contributed by atoms with van der Waals surface area (Å²) in [4.78, 5) is 39.8. The number of likely N-dealkylation sites (tertiary alicyclic amines) is 1. The van der Waals surface area contributed by atoms with Crippen molar-refractivity contribution in [2.45, 2.75) is 37.9 Å². The summed E-state index contributed by atoms with van der Waals surface area (Å²) in [5.74, 6) is -0.589. The number of ketones is 1. The number of alkyl halides is 1. The minimum Gasteiger partial charge on any atom is -0.323 e. The number of aromatic nitrogens is 3. The first-order chi connectivity index (χ1) is 16.8. The third-order valence-electron chi connectivity index (χ3n) is 6.41. The fourth-order valence-electron chi connectivity index (χ4n) is 4.65. The van der Waals surface area contributed by atoms with E-state index in [1.807, 2.05) is 42.5 Å². The molecule has 1 fully saturated rings. The molecule has 2 aromatic carbocycles. The molecule has 0 bridgehead atoms. The molecule has 1 aliphatic heterocycles. The van der Waals surface area contributed by atoms with Crippen LogP contribution in [0.3, 0.4) is 0 Å². The second kappa shape index (κ2) is 8.84. The van der Waals surface area contributed by atoms with Gasteiger partial charge in [-0.1, -0.05) is 12.1 Å². The van der Waals surface area contributed by atoms with Gasteiger partial charge < -0.3 is 4.90 Å². The molecule has 174 valence electrons. The van der Waals surface area contributed by atoms with Gasteiger partial charge in [0.15, 0.2) is 5.78 Å². The number of nitrogens with zero attached hydrogens (tertiary/aromatic N) is 5. The highest BCUT2D eigenvalue weighted by atomic mass is 19.1. The Bertz CT molecular complexity index is 1510. The lowest BCUT2D eigenvalue weighted by molar-refractivity contribution is -0.131. The number of amides is 1. The number of carbonyl (C=O) groups excluding carboxylic acids is 2. The first-order valence-corrected chi connectivity index (χ1v) is 11.3. The molecule has 35 heavy (non-hydrogen) atoms. The maximum absolute atomic E-state index is 14.3. The molecule has 0 spiro atoms. The molecule has 0 N–H and O–H groups in total. The molecule has 7 nitrogen and oxygen atoms in total. The summed E-state index contributed by atoms with van der Waals surface area (Å²) >= 11 is 0. The molecule has 3 heterocycles. The second-order valence-corrected chi connectivity index (χ2v) is 9.09. The number of hydrogen-bond acceptors (Lipinski definition) is 6. The van der Waals surface area contributed by atoms with Crippen molar-refractivity contribution in [2.75, 3.05) is 6.54 Å². The number of nitriles is 1. The number of benzene rings is 2. The SMILES string of the molecule is CC1(F)C[C@@H](C#N)N(C(=O)CCC(=O)c2ccnc3ccc(-c4ccc5ncncc5c4)cc23)C1. The Kier molecular flexibility index (Phi) is 5.69. The Labute approximate surface area is 201 Å². The molecule has 1 aliphatic rings. The fraction of sp³-hybridized carbons (Fsp3) is 0.259. The third kappa shape index (κ3) is 4.45. The molecular formula is C27H22FN5O2. The van der Waals surface area contributed by atoms with Crippen LogP contribution in [0.25, 0.3) is 32.9 Å². The van der Waals surface area contributed by atoms with Gasteiger partial charge in [-0.2, -0.15) is 5.26 Å². The molecule has 1 saturated heterocycles. The zero-order valence-electron chi connectivity index (χ0n) is 19.1. The topological polar surface area (TPSA) is 99.8 Å². The van der Waals surface area contributed by atoms with Crippen molar-refractivity contribution in [3.63, 3.8) is 0 Å². The maximum atomic E-state index is 14.3. The smallest absolute Gasteiger partial charge is 0.224 e. The van der Waals surface area contributed by atoms with Gasteiger partial charge >= 0.3 is 0 Å². The van der Waals surface area contributed by atoms with E-state index in [0.717, 1.165) is 22.0 Å². The summed E-state index contributed by atoms with van der Waals surface area (Å²) in [6.45, 7) is 1.26. The van der Waals surface area contributed by atoms with Crippen LogP contribution in [0.15, 0.2) is 61.2 Å². The molecule has 0 aliphatic carbocycles. The quantitative estimate of drug-likeness (QED) is 0.396. The standard InChI is InChI=1S/C27H22FN5O2/c1-27(28)12-20(13-29)33(15-27)26(35)7-6-25(34)21-8-9-31-24-5-3-18(11-22(21)24)17-2-4-23-19(10-17)14-30-16-32-23/h2-5,8-11,14,16,20H,6-7,12,15H2,1H3/t20-,27?/m0/s1. The normalized spacial score (nSPS) is 19.7. The van der Waals surface area contributed by atoms with E-state index in [1.54, 1.807) is 18.5 Å². The number of halogens is 1. The number of pyridine rings is 1. The minimum absolute atomic E-state index is 0.0121. The summed E-state index contributed by atoms with van der Waals surface area (Å²) in [5.41, 5.74) is 2.27. The van der Waals surface area contributed by atoms with Crippen molar-refractivity contribution in [1.82, 2.24) is 19.9 Å². The molecule has 2 atom stereocenters. The van der Waals surface area contributed by atoms with E-state index in [1.165, 1.54) is 18.2 Å². The van der Waals surface area contributed by atoms with Crippen molar-refractivity contribution >= 4 is 33.5 Å². The van der Waals surface area contributed by atoms with E-state index in [2.05, 4.69) is 15.0 Å². The molecule has 4 aromatic rings. The maximum Gasteiger partial charge on any atom is 0.224 e. The van der Waals surface area contributed by atoms with Crippen LogP contribution in [0, 0.1) is 11.3 Å². The first-order valence-electron chi connectivity index (χ1n) is 11.3. The van der Waals surface area contributed by atoms with E-state index in [-0.39, 0.29) is 37.5 Å². The molecular weight excluding hydrogens is 445 g/mol. The third-order valence-corrected chi connectivity index (χ3v) is 6.41. The lowest BCUT2D eigenvalue weighted by Crippen LogP contribution is -2.36. The lowest BCUT2D eigenvalue weighted by Gasteiger charge is -2.19. The largest absolute Gasteiger partial charge is 0.323 e. The predicted octanol–water partition coefficient (Wildman–Crippen LogP) is 4.66. The van der Waals surface area contributed by atoms with Crippen molar-refractivity contribution in [2.24, 2.45) is 0 Å². The van der Waals surface area contributed by atoms with Crippen LogP contribution in [-0.4, -0.2) is 49.8 Å². The molecule has 1 amide bonds. The van der Waals surface area contributed by atoms with Gasteiger partial charge in [0.1, 0.15) is 18.0 Å². The van der Waals surface area contributed by atoms with Gasteiger partial charge in [-0.15, -0.1) is 0 Å². The summed E-state index contributed by atoms with van der Waals surface area (Å²) in [6, 6.07) is 14.5. The zero-order valence-corrected chi connectivity index (χ0v) is 19.1. The summed E-state index contributed by atoms with van der Waals surface area (Å²) in [7, 11) is 0. The minimum atomic E-state index is -1.59. The van der Waals surface area contributed by atoms with E-state index < -0.39 is 11.7 Å². The van der Waals surface area contributed by atoms with Crippen molar-refractivity contribution < 1.29 is 14.0 Å². The Morgan fingerprint density at radius 1 is 1.11 bits per heavy atom. The van der Waals surface area contributed by atoms with E-state index in [9.17, 15) is 19.2 Å². The lowest BCUT2D eigenvalue weighted by atomic mass is 9.97. The highest BCUT2D eigenvalue weighted by Gasteiger charge is 2.43. The summed E-state index contributed by atoms with van der Waals surface area (Å²) < 4.78 is 14.3. The van der Waals surface area contributed by atoms with Crippen molar-refractivity contribution in [1.29, 1.82) is 5.26 Å². The molecule has 8 heteroatoms. The van der Waals surface area contributed by atoms with Gasteiger partial charge in [0, 0.05) is 48.0 Å². The van der Waals surface area contributed by atoms with Crippen LogP contribution in [0.2, 0.25) is 0 Å². The Balaban J connectivity index is 1.39. The van der Waals surface area contributed by atoms with Crippen LogP contribution in [0.4, 0.5) is 4.39 Å². The van der Waals surface area contributed by atoms with Gasteiger partial charge in [-0.05, 0) is 48.4 Å². The van der Waals surface area contributed by atoms with Gasteiger partial charge in [-0.25, -0.2) is 14.4 Å². The van der Waals surface area contributed by atoms with Gasteiger partial charge in [0.2, 0.25) is 5.91 Å². The number of hydrogen-bond donors (Lipinski definition) is 0. The number of carbonyl (C=O) groups is 2. The Hall–Kier alpha value is -4.25. The van der Waals surface area contributed by atoms with Crippen molar-refractivity contribution in [3.8, 4) is 17.2 Å². The molecule has 5 rings (SSSR count). The van der Waals surface area contributed by atoms with Crippen molar-refractivity contribution in [3.05, 3.63) is 66.7 Å². The van der Waals surface area contributed by atoms with Gasteiger partial charge in [0.25, 0.3) is 0 Å². The first kappa shape index (κ1) is 22.5. The van der Waals surface area contributed by atoms with E-state index >= 15 is 0 Å². The number of rotatable bonds is 5. The molecule has 0 radical (unpaired) electrons. The van der Waals surface area contributed by atoms with Crippen LogP contribution in [-0.2, 0) is 4.79 Å². The van der Waals surface area contributed by atoms with Crippen LogP contribution < -0.4 is 0 Å². The highest BCUT2D eigenvalue weighted by Crippen LogP contribution is 2.31. The van der Waals surface area contributed by atoms with E-state index in [4.69, 9.17) is 0 Å². The average Bonchev–Trinajstić information content (AvgIpc) is 3.20. The van der Waals surface area contributed by atoms with Gasteiger partial charge in [-0.3, -0.25) is 14.6 Å². The molecule has 0 saturated carbocycles. The molecule has 2 aromatic heterocycles. The average molecular weight is 468 g/mol. The zero-order chi connectivity index (χ0) is 24.6. The Morgan fingerprint density at radius 3 is 2.69 bits per heavy atom. The monoisotopic (exact) mass is 467 g/mol. The highest BCUT2D eigenvalue weighted by molar-refractivity contribution is 6.08. The predicted molar refractivity (Wildman–Crippen MR) is 129 cm³/mol. The number of Topliss-reactive ketones (excluding diaryl/α,β-unsaturated/α-hetero) is 1. The Morgan fingerprint density at radius 2 is 1.89 bits per heavy atom. The van der Waals surface area contributed by atoms with E-state index in [0.29, 0.717) is 16.5 Å². The number of fused-ring (bicyclic) bond motifs is 2. The molecule has 1 unspecified atom stereocenters. The summed E-state index contributed by atoms with van der Waals surface area (Å²) in [5, 5.41) is 10.9.